The van der Waals surface area contributed by atoms with Gasteiger partial charge in [0.15, 0.2) is 0 Å². The molecule has 0 aliphatic carbocycles. The number of rotatable bonds is 3. The van der Waals surface area contributed by atoms with Crippen LogP contribution in [0.3, 0.4) is 0 Å². The second kappa shape index (κ2) is 5.56. The molecule has 1 heteroatoms. The van der Waals surface area contributed by atoms with Crippen molar-refractivity contribution >= 4 is 5.69 Å². The zero-order valence-electron chi connectivity index (χ0n) is 14.1. The van der Waals surface area contributed by atoms with Gasteiger partial charge in [-0.1, -0.05) is 54.5 Å². The first-order valence-electron chi connectivity index (χ1n) is 7.53. The van der Waals surface area contributed by atoms with Gasteiger partial charge in [-0.25, -0.2) is 0 Å². The van der Waals surface area contributed by atoms with E-state index in [1.807, 2.05) is 0 Å². The topological polar surface area (TPSA) is 12.0 Å². The summed E-state index contributed by atoms with van der Waals surface area (Å²) >= 11 is 0. The van der Waals surface area contributed by atoms with Crippen molar-refractivity contribution in [2.45, 2.75) is 72.6 Å². The largest absolute Gasteiger partial charge is 0.385 e. The van der Waals surface area contributed by atoms with Crippen LogP contribution >= 0.6 is 0 Å². The molecule has 0 radical (unpaired) electrons. The Bertz CT molecular complexity index is 430. The molecule has 0 heterocycles. The molecule has 0 bridgehead atoms. The molecule has 0 aromatic heterocycles. The maximum atomic E-state index is 3.55. The Hall–Kier alpha value is -0.980. The van der Waals surface area contributed by atoms with E-state index in [0.29, 0.717) is 0 Å². The van der Waals surface area contributed by atoms with E-state index in [-0.39, 0.29) is 10.8 Å². The number of hydrogen-bond donors (Lipinski definition) is 1. The fourth-order valence-corrected chi connectivity index (χ4v) is 2.50. The highest BCUT2D eigenvalue weighted by molar-refractivity contribution is 5.59. The van der Waals surface area contributed by atoms with E-state index in [2.05, 4.69) is 72.8 Å². The van der Waals surface area contributed by atoms with Gasteiger partial charge >= 0.3 is 0 Å². The van der Waals surface area contributed by atoms with Crippen molar-refractivity contribution in [3.63, 3.8) is 0 Å². The van der Waals surface area contributed by atoms with Crippen LogP contribution in [0.4, 0.5) is 5.69 Å². The van der Waals surface area contributed by atoms with Crippen LogP contribution in [0, 0.1) is 0 Å². The lowest BCUT2D eigenvalue weighted by Crippen LogP contribution is -2.20. The molecule has 1 rings (SSSR count). The van der Waals surface area contributed by atoms with Crippen molar-refractivity contribution in [1.29, 1.82) is 0 Å². The van der Waals surface area contributed by atoms with E-state index in [1.165, 1.54) is 22.4 Å². The summed E-state index contributed by atoms with van der Waals surface area (Å²) in [6.45, 7) is 19.2. The Morgan fingerprint density at radius 2 is 1.47 bits per heavy atom. The van der Waals surface area contributed by atoms with Crippen molar-refractivity contribution < 1.29 is 0 Å². The monoisotopic (exact) mass is 261 g/mol. The van der Waals surface area contributed by atoms with Gasteiger partial charge < -0.3 is 5.32 Å². The number of benzene rings is 1. The van der Waals surface area contributed by atoms with E-state index in [4.69, 9.17) is 0 Å². The highest BCUT2D eigenvalue weighted by Gasteiger charge is 2.23. The van der Waals surface area contributed by atoms with Crippen molar-refractivity contribution in [2.75, 3.05) is 11.9 Å². The van der Waals surface area contributed by atoms with E-state index < -0.39 is 0 Å². The fourth-order valence-electron chi connectivity index (χ4n) is 2.50. The summed E-state index contributed by atoms with van der Waals surface area (Å²) in [5.41, 5.74) is 6.08. The summed E-state index contributed by atoms with van der Waals surface area (Å²) in [4.78, 5) is 0. The molecule has 1 aromatic carbocycles. The highest BCUT2D eigenvalue weighted by atomic mass is 14.9. The van der Waals surface area contributed by atoms with Crippen LogP contribution in [0.15, 0.2) is 12.1 Å². The van der Waals surface area contributed by atoms with Crippen molar-refractivity contribution in [3.05, 3.63) is 28.8 Å². The first-order valence-corrected chi connectivity index (χ1v) is 7.53. The van der Waals surface area contributed by atoms with Crippen molar-refractivity contribution in [1.82, 2.24) is 0 Å². The summed E-state index contributed by atoms with van der Waals surface area (Å²) in [5, 5.41) is 3.55. The van der Waals surface area contributed by atoms with Gasteiger partial charge in [-0.2, -0.15) is 0 Å². The average Bonchev–Trinajstić information content (AvgIpc) is 2.26. The maximum absolute atomic E-state index is 3.55. The smallest absolute Gasteiger partial charge is 0.0378 e. The van der Waals surface area contributed by atoms with Crippen LogP contribution in [0.25, 0.3) is 0 Å². The minimum atomic E-state index is 0.191. The summed E-state index contributed by atoms with van der Waals surface area (Å²) in [6.07, 6.45) is 1.08. The van der Waals surface area contributed by atoms with Gasteiger partial charge in [0.2, 0.25) is 0 Å². The molecule has 0 amide bonds. The predicted octanol–water partition coefficient (Wildman–Crippen LogP) is 5.28. The van der Waals surface area contributed by atoms with Crippen LogP contribution in [-0.4, -0.2) is 6.54 Å². The lowest BCUT2D eigenvalue weighted by atomic mass is 9.77. The minimum Gasteiger partial charge on any atom is -0.385 e. The van der Waals surface area contributed by atoms with Crippen LogP contribution in [0.2, 0.25) is 0 Å². The number of nitrogens with one attached hydrogen (secondary N) is 1. The lowest BCUT2D eigenvalue weighted by molar-refractivity contribution is 0.564. The molecule has 19 heavy (non-hydrogen) atoms. The van der Waals surface area contributed by atoms with Crippen LogP contribution < -0.4 is 5.32 Å². The summed E-state index contributed by atoms with van der Waals surface area (Å²) in [7, 11) is 0. The SMILES string of the molecule is CCNc1cc(C(C)(C)C)cc(C(C)(C)C)c1CC. The quantitative estimate of drug-likeness (QED) is 0.781. The second-order valence-corrected chi connectivity index (χ2v) is 7.43. The van der Waals surface area contributed by atoms with E-state index in [1.54, 1.807) is 0 Å². The zero-order valence-corrected chi connectivity index (χ0v) is 14.1. The second-order valence-electron chi connectivity index (χ2n) is 7.43. The van der Waals surface area contributed by atoms with Gasteiger partial charge in [0.05, 0.1) is 0 Å². The minimum absolute atomic E-state index is 0.191. The summed E-state index contributed by atoms with van der Waals surface area (Å²) in [5.74, 6) is 0. The molecule has 1 aromatic rings. The normalized spacial score (nSPS) is 12.6. The molecule has 108 valence electrons. The summed E-state index contributed by atoms with van der Waals surface area (Å²) in [6, 6.07) is 4.76. The van der Waals surface area contributed by atoms with E-state index >= 15 is 0 Å². The van der Waals surface area contributed by atoms with E-state index in [9.17, 15) is 0 Å². The predicted molar refractivity (Wildman–Crippen MR) is 87.4 cm³/mol. The van der Waals surface area contributed by atoms with Gasteiger partial charge in [0.25, 0.3) is 0 Å². The number of anilines is 1. The molecule has 0 saturated heterocycles. The van der Waals surface area contributed by atoms with Crippen LogP contribution in [-0.2, 0) is 17.3 Å². The van der Waals surface area contributed by atoms with E-state index in [0.717, 1.165) is 13.0 Å². The third-order valence-corrected chi connectivity index (χ3v) is 3.64. The Kier molecular flexibility index (Phi) is 4.71. The summed E-state index contributed by atoms with van der Waals surface area (Å²) < 4.78 is 0. The Labute approximate surface area is 119 Å². The molecular weight excluding hydrogens is 230 g/mol. The molecule has 0 aliphatic rings. The van der Waals surface area contributed by atoms with Gasteiger partial charge in [0, 0.05) is 12.2 Å². The molecule has 0 fully saturated rings. The third kappa shape index (κ3) is 3.75. The first kappa shape index (κ1) is 16.1. The Balaban J connectivity index is 3.55. The number of hydrogen-bond acceptors (Lipinski definition) is 1. The van der Waals surface area contributed by atoms with Gasteiger partial charge in [-0.3, -0.25) is 0 Å². The van der Waals surface area contributed by atoms with Crippen molar-refractivity contribution in [3.8, 4) is 0 Å². The third-order valence-electron chi connectivity index (χ3n) is 3.64. The molecular formula is C18H31N. The molecule has 1 nitrogen and oxygen atoms in total. The molecule has 0 atom stereocenters. The lowest BCUT2D eigenvalue weighted by Gasteiger charge is -2.29. The van der Waals surface area contributed by atoms with Crippen molar-refractivity contribution in [2.24, 2.45) is 0 Å². The Morgan fingerprint density at radius 1 is 0.895 bits per heavy atom. The zero-order chi connectivity index (χ0) is 14.8. The van der Waals surface area contributed by atoms with Gasteiger partial charge in [0.1, 0.15) is 0 Å². The van der Waals surface area contributed by atoms with Gasteiger partial charge in [-0.05, 0) is 46.9 Å². The standard InChI is InChI=1S/C18H31N/c1-9-14-15(18(6,7)8)11-13(17(3,4)5)12-16(14)19-10-2/h11-12,19H,9-10H2,1-8H3. The average molecular weight is 261 g/mol. The molecule has 0 aliphatic heterocycles. The molecule has 0 saturated carbocycles. The van der Waals surface area contributed by atoms with Gasteiger partial charge in [-0.15, -0.1) is 0 Å². The van der Waals surface area contributed by atoms with Crippen LogP contribution in [0.5, 0.6) is 0 Å². The van der Waals surface area contributed by atoms with Crippen LogP contribution in [0.1, 0.15) is 72.1 Å². The molecule has 0 spiro atoms. The Morgan fingerprint density at radius 3 is 1.84 bits per heavy atom. The molecule has 0 unspecified atom stereocenters. The molecule has 1 N–H and O–H groups in total. The first-order chi connectivity index (χ1) is 8.61. The fraction of sp³-hybridized carbons (Fsp3) is 0.667. The highest BCUT2D eigenvalue weighted by Crippen LogP contribution is 2.36. The maximum Gasteiger partial charge on any atom is 0.0378 e.